The van der Waals surface area contributed by atoms with Crippen LogP contribution in [-0.4, -0.2) is 31.1 Å². The minimum atomic E-state index is -0.240. The van der Waals surface area contributed by atoms with Crippen molar-refractivity contribution in [1.29, 1.82) is 0 Å². The molecule has 0 saturated carbocycles. The predicted octanol–water partition coefficient (Wildman–Crippen LogP) is 5.73. The molecule has 176 valence electrons. The van der Waals surface area contributed by atoms with E-state index in [2.05, 4.69) is 22.5 Å². The minimum Gasteiger partial charge on any atom is -0.490 e. The van der Waals surface area contributed by atoms with Gasteiger partial charge in [-0.05, 0) is 67.6 Å². The van der Waals surface area contributed by atoms with E-state index in [1.807, 2.05) is 30.3 Å². The van der Waals surface area contributed by atoms with Crippen LogP contribution in [0.5, 0.6) is 5.75 Å². The smallest absolute Gasteiger partial charge is 0.309 e. The van der Waals surface area contributed by atoms with Gasteiger partial charge in [0.15, 0.2) is 0 Å². The standard InChI is InChI=1S/C26H33N3O4/c1-3-5-6-15-27-28-18-19-7-9-20(10-8-19)26(31)29-22-12-14-24-21(16-22)11-13-23(33-24)17-25(30)32-4-2/h7-10,12,14,16,23H,3-6,11,13,15,17-18H2,1-2H3,(H,29,31). The number of azo groups is 1. The third-order valence-corrected chi connectivity index (χ3v) is 5.48. The van der Waals surface area contributed by atoms with Gasteiger partial charge < -0.3 is 14.8 Å². The molecule has 0 aliphatic carbocycles. The van der Waals surface area contributed by atoms with Gasteiger partial charge in [0.05, 0.1) is 26.1 Å². The van der Waals surface area contributed by atoms with Gasteiger partial charge in [-0.15, -0.1) is 0 Å². The highest BCUT2D eigenvalue weighted by molar-refractivity contribution is 6.04. The lowest BCUT2D eigenvalue weighted by atomic mass is 10.00. The molecule has 0 spiro atoms. The number of amides is 1. The number of hydrogen-bond acceptors (Lipinski definition) is 6. The number of nitrogens with one attached hydrogen (secondary N) is 1. The third kappa shape index (κ3) is 7.70. The van der Waals surface area contributed by atoms with Gasteiger partial charge in [-0.3, -0.25) is 9.59 Å². The topological polar surface area (TPSA) is 89.4 Å². The molecule has 2 aromatic carbocycles. The van der Waals surface area contributed by atoms with Gasteiger partial charge in [-0.2, -0.15) is 10.2 Å². The van der Waals surface area contributed by atoms with Crippen LogP contribution in [0.1, 0.15) is 67.4 Å². The Morgan fingerprint density at radius 3 is 2.67 bits per heavy atom. The molecule has 7 nitrogen and oxygen atoms in total. The lowest BCUT2D eigenvalue weighted by Gasteiger charge is -2.26. The number of esters is 1. The number of hydrogen-bond donors (Lipinski definition) is 1. The fraction of sp³-hybridized carbons (Fsp3) is 0.462. The fourth-order valence-corrected chi connectivity index (χ4v) is 3.67. The van der Waals surface area contributed by atoms with Crippen molar-refractivity contribution >= 4 is 17.6 Å². The number of ether oxygens (including phenoxy) is 2. The first-order chi connectivity index (χ1) is 16.1. The monoisotopic (exact) mass is 451 g/mol. The van der Waals surface area contributed by atoms with Crippen LogP contribution >= 0.6 is 0 Å². The largest absolute Gasteiger partial charge is 0.490 e. The summed E-state index contributed by atoms with van der Waals surface area (Å²) >= 11 is 0. The van der Waals surface area contributed by atoms with E-state index in [-0.39, 0.29) is 24.4 Å². The van der Waals surface area contributed by atoms with E-state index in [1.165, 1.54) is 12.8 Å². The summed E-state index contributed by atoms with van der Waals surface area (Å²) in [7, 11) is 0. The number of carbonyl (C=O) groups excluding carboxylic acids is 2. The molecule has 1 aliphatic rings. The van der Waals surface area contributed by atoms with E-state index in [0.29, 0.717) is 18.7 Å². The van der Waals surface area contributed by atoms with E-state index < -0.39 is 0 Å². The molecular weight excluding hydrogens is 418 g/mol. The van der Waals surface area contributed by atoms with Gasteiger partial charge in [-0.1, -0.05) is 31.9 Å². The average molecular weight is 452 g/mol. The van der Waals surface area contributed by atoms with E-state index in [9.17, 15) is 9.59 Å². The van der Waals surface area contributed by atoms with Gasteiger partial charge in [0.2, 0.25) is 0 Å². The molecule has 0 saturated heterocycles. The first-order valence-electron chi connectivity index (χ1n) is 11.8. The number of aryl methyl sites for hydroxylation is 1. The molecule has 1 heterocycles. The molecule has 33 heavy (non-hydrogen) atoms. The first kappa shape index (κ1) is 24.4. The number of anilines is 1. The average Bonchev–Trinajstić information content (AvgIpc) is 2.82. The normalized spacial score (nSPS) is 15.0. The Hall–Kier alpha value is -3.22. The molecule has 2 aromatic rings. The zero-order chi connectivity index (χ0) is 23.5. The van der Waals surface area contributed by atoms with Crippen LogP contribution in [0.15, 0.2) is 52.7 Å². The Labute approximate surface area is 195 Å². The zero-order valence-electron chi connectivity index (χ0n) is 19.5. The second-order valence-corrected chi connectivity index (χ2v) is 8.13. The number of benzene rings is 2. The lowest BCUT2D eigenvalue weighted by Crippen LogP contribution is -2.26. The van der Waals surface area contributed by atoms with Crippen molar-refractivity contribution in [3.8, 4) is 5.75 Å². The van der Waals surface area contributed by atoms with Gasteiger partial charge in [0.25, 0.3) is 5.91 Å². The van der Waals surface area contributed by atoms with Crippen LogP contribution in [-0.2, 0) is 22.5 Å². The number of nitrogens with zero attached hydrogens (tertiary/aromatic N) is 2. The molecular formula is C26H33N3O4. The molecule has 0 radical (unpaired) electrons. The summed E-state index contributed by atoms with van der Waals surface area (Å²) < 4.78 is 10.9. The van der Waals surface area contributed by atoms with E-state index in [0.717, 1.165) is 48.4 Å². The Balaban J connectivity index is 1.51. The maximum absolute atomic E-state index is 12.7. The fourth-order valence-electron chi connectivity index (χ4n) is 3.67. The number of rotatable bonds is 11. The van der Waals surface area contributed by atoms with Crippen LogP contribution in [0.2, 0.25) is 0 Å². The van der Waals surface area contributed by atoms with E-state index in [4.69, 9.17) is 9.47 Å². The van der Waals surface area contributed by atoms with Gasteiger partial charge in [0, 0.05) is 11.3 Å². The summed E-state index contributed by atoms with van der Waals surface area (Å²) in [5.74, 6) is 0.345. The highest BCUT2D eigenvalue weighted by Gasteiger charge is 2.23. The second-order valence-electron chi connectivity index (χ2n) is 8.13. The number of fused-ring (bicyclic) bond motifs is 1. The molecule has 0 bridgehead atoms. The summed E-state index contributed by atoms with van der Waals surface area (Å²) in [4.78, 5) is 24.3. The molecule has 0 fully saturated rings. The summed E-state index contributed by atoms with van der Waals surface area (Å²) in [5.41, 5.74) is 3.35. The minimum absolute atomic E-state index is 0.167. The van der Waals surface area contributed by atoms with Crippen molar-refractivity contribution in [2.45, 2.75) is 65.0 Å². The maximum Gasteiger partial charge on any atom is 0.309 e. The summed E-state index contributed by atoms with van der Waals surface area (Å²) in [6.07, 6.45) is 5.02. The Bertz CT molecular complexity index is 957. The Morgan fingerprint density at radius 2 is 1.91 bits per heavy atom. The first-order valence-corrected chi connectivity index (χ1v) is 11.8. The number of unbranched alkanes of at least 4 members (excludes halogenated alkanes) is 2. The quantitative estimate of drug-likeness (QED) is 0.268. The third-order valence-electron chi connectivity index (χ3n) is 5.48. The highest BCUT2D eigenvalue weighted by Crippen LogP contribution is 2.31. The molecule has 0 aromatic heterocycles. The summed E-state index contributed by atoms with van der Waals surface area (Å²) in [6, 6.07) is 13.0. The van der Waals surface area contributed by atoms with Crippen molar-refractivity contribution in [3.05, 3.63) is 59.2 Å². The van der Waals surface area contributed by atoms with Crippen molar-refractivity contribution in [3.63, 3.8) is 0 Å². The molecule has 1 amide bonds. The maximum atomic E-state index is 12.7. The molecule has 7 heteroatoms. The molecule has 1 unspecified atom stereocenters. The van der Waals surface area contributed by atoms with E-state index in [1.54, 1.807) is 19.1 Å². The SMILES string of the molecule is CCCCCN=NCc1ccc(C(=O)Nc2ccc3c(c2)CCC(CC(=O)OCC)O3)cc1. The van der Waals surface area contributed by atoms with Gasteiger partial charge in [-0.25, -0.2) is 0 Å². The summed E-state index contributed by atoms with van der Waals surface area (Å²) in [6.45, 7) is 5.63. The number of carbonyl (C=O) groups is 2. The van der Waals surface area contributed by atoms with Crippen molar-refractivity contribution in [1.82, 2.24) is 0 Å². The molecule has 1 aliphatic heterocycles. The van der Waals surface area contributed by atoms with Crippen LogP contribution in [0.4, 0.5) is 5.69 Å². The molecule has 1 N–H and O–H groups in total. The predicted molar refractivity (Wildman–Crippen MR) is 128 cm³/mol. The van der Waals surface area contributed by atoms with Crippen molar-refractivity contribution < 1.29 is 19.1 Å². The van der Waals surface area contributed by atoms with Crippen molar-refractivity contribution in [2.75, 3.05) is 18.5 Å². The van der Waals surface area contributed by atoms with Crippen LogP contribution < -0.4 is 10.1 Å². The van der Waals surface area contributed by atoms with Crippen molar-refractivity contribution in [2.24, 2.45) is 10.2 Å². The lowest BCUT2D eigenvalue weighted by molar-refractivity contribution is -0.145. The Kier molecular flexibility index (Phi) is 9.42. The van der Waals surface area contributed by atoms with Crippen LogP contribution in [0, 0.1) is 0 Å². The molecule has 1 atom stereocenters. The Morgan fingerprint density at radius 1 is 1.09 bits per heavy atom. The van der Waals surface area contributed by atoms with E-state index >= 15 is 0 Å². The molecule has 3 rings (SSSR count). The summed E-state index contributed by atoms with van der Waals surface area (Å²) in [5, 5.41) is 11.4. The second kappa shape index (κ2) is 12.7. The zero-order valence-corrected chi connectivity index (χ0v) is 19.5. The van der Waals surface area contributed by atoms with Crippen LogP contribution in [0.3, 0.4) is 0 Å². The highest BCUT2D eigenvalue weighted by atomic mass is 16.5. The van der Waals surface area contributed by atoms with Gasteiger partial charge >= 0.3 is 5.97 Å². The van der Waals surface area contributed by atoms with Crippen LogP contribution in [0.25, 0.3) is 0 Å². The van der Waals surface area contributed by atoms with Gasteiger partial charge in [0.1, 0.15) is 11.9 Å².